The third-order valence-electron chi connectivity index (χ3n) is 8.94. The molecule has 2 amide bonds. The number of aryl methyl sites for hydroxylation is 1. The fraction of sp³-hybridized carbons (Fsp3) is 0.742. The molecule has 2 N–H and O–H groups in total. The molecule has 2 saturated heterocycles. The van der Waals surface area contributed by atoms with Gasteiger partial charge in [0.15, 0.2) is 0 Å². The number of aliphatic hydroxyl groups is 2. The number of aromatic nitrogens is 4. The molecule has 4 rings (SSSR count). The lowest BCUT2D eigenvalue weighted by Crippen LogP contribution is -2.44. The Morgan fingerprint density at radius 2 is 1.28 bits per heavy atom. The van der Waals surface area contributed by atoms with E-state index in [2.05, 4.69) is 48.0 Å². The Morgan fingerprint density at radius 1 is 0.837 bits per heavy atom. The molecule has 2 aromatic rings. The minimum Gasteiger partial charge on any atom is -0.385 e. The summed E-state index contributed by atoms with van der Waals surface area (Å²) in [4.78, 5) is 41.2. The summed E-state index contributed by atoms with van der Waals surface area (Å²) < 4.78 is 3.74. The standard InChI is InChI=1S/C16H28N4O2.C15H26N4O2/c1-12(2)20-10-7-17-16(20)14(21)11-15(22)19-8-5-13(6-9-19)18(3)4;1-11-10-16-15(18(11)4)13(20)9-14(21)19-7-5-12(6-8-19)17(2)3/h7,10,12-14,21H,5-6,8-9,11H2,1-4H3;10,12-13,20H,5-9H2,1-4H3. The molecule has 12 heteroatoms. The molecule has 0 saturated carbocycles. The van der Waals surface area contributed by atoms with E-state index in [1.807, 2.05) is 52.9 Å². The highest BCUT2D eigenvalue weighted by Gasteiger charge is 2.28. The molecule has 2 unspecified atom stereocenters. The van der Waals surface area contributed by atoms with Crippen molar-refractivity contribution in [3.8, 4) is 0 Å². The van der Waals surface area contributed by atoms with Crippen LogP contribution < -0.4 is 0 Å². The Kier molecular flexibility index (Phi) is 12.7. The first kappa shape index (κ1) is 34.7. The largest absolute Gasteiger partial charge is 0.385 e. The van der Waals surface area contributed by atoms with Gasteiger partial charge in [0.05, 0.1) is 12.8 Å². The molecular formula is C31H54N8O4. The number of carbonyl (C=O) groups excluding carboxylic acids is 2. The molecule has 0 bridgehead atoms. The van der Waals surface area contributed by atoms with E-state index in [0.717, 1.165) is 57.6 Å². The summed E-state index contributed by atoms with van der Waals surface area (Å²) in [6, 6.07) is 1.32. The second-order valence-electron chi connectivity index (χ2n) is 12.7. The Morgan fingerprint density at radius 3 is 1.65 bits per heavy atom. The van der Waals surface area contributed by atoms with Gasteiger partial charge >= 0.3 is 0 Å². The molecule has 2 fully saturated rings. The fourth-order valence-corrected chi connectivity index (χ4v) is 5.88. The van der Waals surface area contributed by atoms with Gasteiger partial charge < -0.3 is 38.9 Å². The zero-order valence-electron chi connectivity index (χ0n) is 27.5. The van der Waals surface area contributed by atoms with Crippen molar-refractivity contribution in [2.45, 2.75) is 89.6 Å². The van der Waals surface area contributed by atoms with Gasteiger partial charge in [0.1, 0.15) is 23.9 Å². The third-order valence-corrected chi connectivity index (χ3v) is 8.94. The van der Waals surface area contributed by atoms with Gasteiger partial charge in [-0.25, -0.2) is 9.97 Å². The number of carbonyl (C=O) groups is 2. The molecule has 0 radical (unpaired) electrons. The summed E-state index contributed by atoms with van der Waals surface area (Å²) in [5.41, 5.74) is 0.975. The number of rotatable bonds is 9. The van der Waals surface area contributed by atoms with Crippen LogP contribution in [-0.2, 0) is 16.6 Å². The van der Waals surface area contributed by atoms with Crippen LogP contribution in [0.4, 0.5) is 0 Å². The number of nitrogens with zero attached hydrogens (tertiary/aromatic N) is 8. The van der Waals surface area contributed by atoms with Crippen molar-refractivity contribution in [1.29, 1.82) is 0 Å². The van der Waals surface area contributed by atoms with Crippen molar-refractivity contribution < 1.29 is 19.8 Å². The average molecular weight is 603 g/mol. The molecule has 0 aliphatic carbocycles. The molecule has 0 aromatic carbocycles. The van der Waals surface area contributed by atoms with Gasteiger partial charge in [-0.3, -0.25) is 9.59 Å². The molecule has 12 nitrogen and oxygen atoms in total. The molecule has 0 spiro atoms. The third kappa shape index (κ3) is 9.34. The van der Waals surface area contributed by atoms with E-state index >= 15 is 0 Å². The Bertz CT molecular complexity index is 1160. The molecule has 4 heterocycles. The molecule has 242 valence electrons. The zero-order chi connectivity index (χ0) is 31.8. The lowest BCUT2D eigenvalue weighted by Gasteiger charge is -2.35. The maximum atomic E-state index is 12.4. The summed E-state index contributed by atoms with van der Waals surface area (Å²) in [7, 11) is 10.2. The fourth-order valence-electron chi connectivity index (χ4n) is 5.88. The lowest BCUT2D eigenvalue weighted by atomic mass is 10.0. The van der Waals surface area contributed by atoms with Crippen molar-refractivity contribution in [2.75, 3.05) is 54.4 Å². The van der Waals surface area contributed by atoms with Gasteiger partial charge in [0.2, 0.25) is 11.8 Å². The minimum atomic E-state index is -0.837. The first-order valence-electron chi connectivity index (χ1n) is 15.6. The summed E-state index contributed by atoms with van der Waals surface area (Å²) in [6.07, 6.45) is 7.76. The normalized spacial score (nSPS) is 18.3. The molecule has 2 atom stereocenters. The van der Waals surface area contributed by atoms with Crippen LogP contribution in [0.2, 0.25) is 0 Å². The number of hydrogen-bond acceptors (Lipinski definition) is 8. The number of hydrogen-bond donors (Lipinski definition) is 2. The average Bonchev–Trinajstić information content (AvgIpc) is 3.60. The summed E-state index contributed by atoms with van der Waals surface area (Å²) in [5.74, 6) is 1.17. The van der Waals surface area contributed by atoms with Crippen LogP contribution >= 0.6 is 0 Å². The molecule has 2 aliphatic rings. The van der Waals surface area contributed by atoms with Gasteiger partial charge in [-0.05, 0) is 74.6 Å². The Labute approximate surface area is 257 Å². The first-order chi connectivity index (χ1) is 20.3. The topological polar surface area (TPSA) is 123 Å². The minimum absolute atomic E-state index is 0.0142. The van der Waals surface area contributed by atoms with Crippen LogP contribution in [0.1, 0.15) is 88.0 Å². The predicted molar refractivity (Wildman–Crippen MR) is 166 cm³/mol. The quantitative estimate of drug-likeness (QED) is 0.448. The SMILES string of the molecule is CC(C)n1ccnc1C(O)CC(=O)N1CCC(N(C)C)CC1.Cc1cnc(C(O)CC(=O)N2CCC(N(C)C)CC2)n1C. The Balaban J connectivity index is 0.000000236. The molecule has 2 aromatic heterocycles. The van der Waals surface area contributed by atoms with Crippen molar-refractivity contribution in [3.05, 3.63) is 35.9 Å². The number of imidazole rings is 2. The summed E-state index contributed by atoms with van der Waals surface area (Å²) >= 11 is 0. The van der Waals surface area contributed by atoms with Crippen molar-refractivity contribution >= 4 is 11.8 Å². The highest BCUT2D eigenvalue weighted by Crippen LogP contribution is 2.22. The second-order valence-corrected chi connectivity index (χ2v) is 12.7. The van der Waals surface area contributed by atoms with E-state index in [1.54, 1.807) is 12.4 Å². The molecular weight excluding hydrogens is 548 g/mol. The van der Waals surface area contributed by atoms with Crippen LogP contribution in [0.25, 0.3) is 0 Å². The van der Waals surface area contributed by atoms with Gasteiger partial charge in [-0.1, -0.05) is 0 Å². The van der Waals surface area contributed by atoms with Gasteiger partial charge in [0, 0.05) is 75.6 Å². The molecule has 43 heavy (non-hydrogen) atoms. The predicted octanol–water partition coefficient (Wildman–Crippen LogP) is 2.14. The lowest BCUT2D eigenvalue weighted by molar-refractivity contribution is -0.135. The van der Waals surface area contributed by atoms with E-state index in [4.69, 9.17) is 0 Å². The molecule has 2 aliphatic heterocycles. The maximum Gasteiger partial charge on any atom is 0.225 e. The van der Waals surface area contributed by atoms with E-state index in [1.165, 1.54) is 0 Å². The zero-order valence-corrected chi connectivity index (χ0v) is 27.5. The van der Waals surface area contributed by atoms with Crippen molar-refractivity contribution in [3.63, 3.8) is 0 Å². The first-order valence-corrected chi connectivity index (χ1v) is 15.6. The smallest absolute Gasteiger partial charge is 0.225 e. The van der Waals surface area contributed by atoms with Crippen LogP contribution in [0.3, 0.4) is 0 Å². The van der Waals surface area contributed by atoms with Crippen LogP contribution in [0.5, 0.6) is 0 Å². The van der Waals surface area contributed by atoms with Crippen molar-refractivity contribution in [1.82, 2.24) is 38.7 Å². The Hall–Kier alpha value is -2.80. The van der Waals surface area contributed by atoms with Crippen LogP contribution in [-0.4, -0.2) is 127 Å². The van der Waals surface area contributed by atoms with Gasteiger partial charge in [-0.15, -0.1) is 0 Å². The highest BCUT2D eigenvalue weighted by molar-refractivity contribution is 5.77. The number of piperidine rings is 2. The van der Waals surface area contributed by atoms with E-state index < -0.39 is 12.2 Å². The van der Waals surface area contributed by atoms with Gasteiger partial charge in [0.25, 0.3) is 0 Å². The number of aliphatic hydroxyl groups excluding tert-OH is 2. The van der Waals surface area contributed by atoms with Crippen LogP contribution in [0, 0.1) is 6.92 Å². The second kappa shape index (κ2) is 15.8. The number of amides is 2. The number of likely N-dealkylation sites (tertiary alicyclic amines) is 2. The van der Waals surface area contributed by atoms with Gasteiger partial charge in [-0.2, -0.15) is 0 Å². The van der Waals surface area contributed by atoms with Crippen molar-refractivity contribution in [2.24, 2.45) is 7.05 Å². The van der Waals surface area contributed by atoms with E-state index in [9.17, 15) is 19.8 Å². The maximum absolute atomic E-state index is 12.4. The van der Waals surface area contributed by atoms with E-state index in [0.29, 0.717) is 23.7 Å². The summed E-state index contributed by atoms with van der Waals surface area (Å²) in [6.45, 7) is 9.08. The monoisotopic (exact) mass is 602 g/mol. The van der Waals surface area contributed by atoms with E-state index in [-0.39, 0.29) is 30.7 Å². The summed E-state index contributed by atoms with van der Waals surface area (Å²) in [5, 5.41) is 20.6. The van der Waals surface area contributed by atoms with Crippen LogP contribution in [0.15, 0.2) is 18.6 Å². The highest BCUT2D eigenvalue weighted by atomic mass is 16.3.